The number of fused-ring (bicyclic) bond motifs is 2. The molecule has 1 aromatic rings. The minimum atomic E-state index is -2.03. The lowest BCUT2D eigenvalue weighted by atomic mass is 9.70. The summed E-state index contributed by atoms with van der Waals surface area (Å²) in [7, 11) is 3.25. The van der Waals surface area contributed by atoms with Crippen LogP contribution in [-0.4, -0.2) is 153 Å². The number of amides is 1. The highest BCUT2D eigenvalue weighted by atomic mass is 16.7. The normalized spacial score (nSPS) is 42.8. The second kappa shape index (κ2) is 24.1. The molecule has 2 bridgehead atoms. The molecule has 6 aliphatic heterocycles. The van der Waals surface area contributed by atoms with Gasteiger partial charge in [0, 0.05) is 58.7 Å². The fraction of sp³-hybridized carbons (Fsp3) is 0.667. The first-order valence-electron chi connectivity index (χ1n) is 26.6. The van der Waals surface area contributed by atoms with Crippen LogP contribution in [0.5, 0.6) is 0 Å². The van der Waals surface area contributed by atoms with E-state index in [-0.39, 0.29) is 73.2 Å². The fourth-order valence-corrected chi connectivity index (χ4v) is 11.9. The van der Waals surface area contributed by atoms with Gasteiger partial charge in [0.15, 0.2) is 18.4 Å². The van der Waals surface area contributed by atoms with Gasteiger partial charge in [-0.2, -0.15) is 0 Å². The lowest BCUT2D eigenvalue weighted by Gasteiger charge is -2.48. The number of rotatable bonds is 12. The summed E-state index contributed by atoms with van der Waals surface area (Å²) >= 11 is 0. The Bertz CT molecular complexity index is 2280. The maximum Gasteiger partial charge on any atom is 0.338 e. The number of nitrogens with one attached hydrogen (secondary N) is 1. The van der Waals surface area contributed by atoms with E-state index in [4.69, 9.17) is 52.1 Å². The van der Waals surface area contributed by atoms with E-state index in [0.29, 0.717) is 36.8 Å². The second-order valence-corrected chi connectivity index (χ2v) is 21.5. The molecule has 8 rings (SSSR count). The van der Waals surface area contributed by atoms with E-state index in [0.717, 1.165) is 12.0 Å². The maximum atomic E-state index is 14.8. The molecule has 17 heteroatoms. The summed E-state index contributed by atoms with van der Waals surface area (Å²) in [4.78, 5) is 39.9. The molecule has 0 unspecified atom stereocenters. The molecule has 0 aromatic heterocycles. The smallest absolute Gasteiger partial charge is 0.338 e. The zero-order valence-corrected chi connectivity index (χ0v) is 44.6. The zero-order valence-electron chi connectivity index (χ0n) is 44.6. The molecule has 4 fully saturated rings. The van der Waals surface area contributed by atoms with Crippen molar-refractivity contribution in [2.75, 3.05) is 27.4 Å². The van der Waals surface area contributed by atoms with Gasteiger partial charge in [-0.3, -0.25) is 9.59 Å². The first-order chi connectivity index (χ1) is 35.4. The Labute approximate surface area is 435 Å². The number of benzene rings is 1. The molecular formula is C57H79NO16. The Morgan fingerprint density at radius 3 is 2.35 bits per heavy atom. The van der Waals surface area contributed by atoms with Gasteiger partial charge in [0.05, 0.1) is 60.9 Å². The van der Waals surface area contributed by atoms with Gasteiger partial charge >= 0.3 is 11.9 Å². The van der Waals surface area contributed by atoms with Gasteiger partial charge < -0.3 is 67.6 Å². The van der Waals surface area contributed by atoms with E-state index >= 15 is 0 Å². The highest BCUT2D eigenvalue weighted by Gasteiger charge is 2.61. The van der Waals surface area contributed by atoms with Crippen molar-refractivity contribution in [2.24, 2.45) is 23.7 Å². The van der Waals surface area contributed by atoms with Crippen LogP contribution >= 0.6 is 0 Å². The van der Waals surface area contributed by atoms with Crippen LogP contribution in [0.4, 0.5) is 0 Å². The Morgan fingerprint density at radius 2 is 1.64 bits per heavy atom. The predicted molar refractivity (Wildman–Crippen MR) is 270 cm³/mol. The summed E-state index contributed by atoms with van der Waals surface area (Å²) in [6.45, 7) is 15.3. The van der Waals surface area contributed by atoms with Crippen molar-refractivity contribution in [1.82, 2.24) is 5.32 Å². The first-order valence-corrected chi connectivity index (χ1v) is 26.6. The number of hydrogen-bond donors (Lipinski definition) is 3. The summed E-state index contributed by atoms with van der Waals surface area (Å²) in [5.41, 5.74) is -0.215. The number of esters is 2. The fourth-order valence-electron chi connectivity index (χ4n) is 11.9. The van der Waals surface area contributed by atoms with Crippen molar-refractivity contribution in [3.8, 4) is 0 Å². The van der Waals surface area contributed by atoms with Crippen molar-refractivity contribution < 1.29 is 76.7 Å². The van der Waals surface area contributed by atoms with Gasteiger partial charge in [-0.25, -0.2) is 4.79 Å². The molecule has 1 aliphatic carbocycles. The van der Waals surface area contributed by atoms with Gasteiger partial charge in [0.25, 0.3) is 0 Å². The van der Waals surface area contributed by atoms with E-state index < -0.39 is 90.7 Å². The third kappa shape index (κ3) is 12.2. The molecule has 1 spiro atoms. The Morgan fingerprint density at radius 1 is 0.919 bits per heavy atom. The summed E-state index contributed by atoms with van der Waals surface area (Å²) in [6.07, 6.45) is 7.71. The van der Waals surface area contributed by atoms with Crippen LogP contribution in [0.15, 0.2) is 89.6 Å². The van der Waals surface area contributed by atoms with Crippen LogP contribution in [0.2, 0.25) is 0 Å². The van der Waals surface area contributed by atoms with E-state index in [1.165, 1.54) is 13.0 Å². The molecule has 6 heterocycles. The molecule has 0 radical (unpaired) electrons. The number of allylic oxidation sites excluding steroid dienone is 2. The van der Waals surface area contributed by atoms with Crippen LogP contribution < -0.4 is 5.32 Å². The average Bonchev–Trinajstić information content (AvgIpc) is 3.72. The molecular weight excluding hydrogens is 955 g/mol. The van der Waals surface area contributed by atoms with Crippen molar-refractivity contribution in [3.05, 3.63) is 95.1 Å². The molecule has 1 amide bonds. The Kier molecular flexibility index (Phi) is 18.2. The molecule has 0 saturated carbocycles. The maximum absolute atomic E-state index is 14.8. The molecule has 7 aliphatic rings. The van der Waals surface area contributed by atoms with Gasteiger partial charge in [0.2, 0.25) is 5.91 Å². The van der Waals surface area contributed by atoms with Crippen molar-refractivity contribution >= 4 is 17.8 Å². The average molecular weight is 1030 g/mol. The van der Waals surface area contributed by atoms with E-state index in [9.17, 15) is 24.6 Å². The van der Waals surface area contributed by atoms with Gasteiger partial charge in [-0.1, -0.05) is 88.8 Å². The van der Waals surface area contributed by atoms with Crippen LogP contribution in [0.25, 0.3) is 0 Å². The predicted octanol–water partition coefficient (Wildman–Crippen LogP) is 6.36. The molecule has 1 aromatic carbocycles. The molecule has 74 heavy (non-hydrogen) atoms. The van der Waals surface area contributed by atoms with Crippen LogP contribution in [-0.2, 0) is 61.7 Å². The van der Waals surface area contributed by atoms with E-state index in [1.807, 2.05) is 39.8 Å². The molecule has 17 nitrogen and oxygen atoms in total. The number of carbonyl (C=O) groups is 3. The number of carbonyl (C=O) groups excluding carboxylic acids is 3. The largest absolute Gasteiger partial charge is 0.462 e. The lowest BCUT2D eigenvalue weighted by Crippen LogP contribution is -2.58. The highest BCUT2D eigenvalue weighted by Crippen LogP contribution is 2.47. The molecule has 20 atom stereocenters. The third-order valence-electron chi connectivity index (χ3n) is 16.2. The van der Waals surface area contributed by atoms with Crippen LogP contribution in [0.3, 0.4) is 0 Å². The topological polar surface area (TPSA) is 205 Å². The van der Waals surface area contributed by atoms with Crippen LogP contribution in [0.1, 0.15) is 104 Å². The molecule has 4 saturated heterocycles. The van der Waals surface area contributed by atoms with Gasteiger partial charge in [-0.15, -0.1) is 0 Å². The van der Waals surface area contributed by atoms with Gasteiger partial charge in [-0.05, 0) is 68.0 Å². The van der Waals surface area contributed by atoms with Gasteiger partial charge in [0.1, 0.15) is 42.5 Å². The SMILES string of the molecule is CC[C@H](C)[C@H]1O[C@]2(C=C[C@@H]1C)C[C@@H]1C[C@@H](C/C=C(\C)[C@@H](O[C@H]3C[C@H](OC)[C@@H](O[C@H]4C[C@H](OC)[C@H](NC(C)=O)[C@H](C)O4)[C@H](C)O3)[C@@H](C)/C=C/C=C3\CO[C@@H]4[C@H](O)C(COC(=O)c5ccccc5)=C[C@@H](C(=O)O1)[C@]34O)O2. The minimum absolute atomic E-state index is 0.0942. The standard InChI is InChI=1S/C57H79NO16/c1-11-31(2)51-34(5)22-23-56(74-51)28-42-25-41(73-56)21-20-33(4)50(71-47-27-45(65-10)52(36(7)69-47)72-46-26-44(64-9)48(35(6)68-46)58-37(8)59)32(3)16-15-19-40-30-66-53-49(60)39(24-43(55(62)70-42)57(40,53)63)29-67-54(61)38-17-13-12-14-18-38/h12-20,22-24,31-32,34-36,41-53,60,63H,11,21,25-30H2,1-10H3,(H,58,59)/b16-15+,33-20+,40-19+/t31-,32-,34-,35-,36-,41+,42-,43-,44-,45-,46-,47-,48+,49+,50-,51+,52-,53+,56+,57+/m0/s1. The monoisotopic (exact) mass is 1030 g/mol. The van der Waals surface area contributed by atoms with Crippen molar-refractivity contribution in [1.29, 1.82) is 0 Å². The minimum Gasteiger partial charge on any atom is -0.462 e. The highest BCUT2D eigenvalue weighted by molar-refractivity contribution is 5.89. The molecule has 3 N–H and O–H groups in total. The number of hydrogen-bond acceptors (Lipinski definition) is 16. The lowest BCUT2D eigenvalue weighted by molar-refractivity contribution is -0.311. The van der Waals surface area contributed by atoms with E-state index in [1.54, 1.807) is 56.7 Å². The second-order valence-electron chi connectivity index (χ2n) is 21.5. The summed E-state index contributed by atoms with van der Waals surface area (Å²) in [5, 5.41) is 27.6. The molecule has 408 valence electrons. The first kappa shape index (κ1) is 56.1. The summed E-state index contributed by atoms with van der Waals surface area (Å²) < 4.78 is 70.5. The Hall–Kier alpha value is -4.11. The van der Waals surface area contributed by atoms with Crippen molar-refractivity contribution in [2.45, 2.75) is 191 Å². The number of ether oxygens (including phenoxy) is 11. The Balaban J connectivity index is 1.09. The zero-order chi connectivity index (χ0) is 53.1. The number of methoxy groups -OCH3 is 2. The third-order valence-corrected chi connectivity index (χ3v) is 16.2. The number of aliphatic hydroxyl groups excluding tert-OH is 1. The van der Waals surface area contributed by atoms with Crippen LogP contribution in [0, 0.1) is 23.7 Å². The quantitative estimate of drug-likeness (QED) is 0.154. The number of aliphatic hydroxyl groups is 2. The summed E-state index contributed by atoms with van der Waals surface area (Å²) in [5.74, 6) is -3.98. The summed E-state index contributed by atoms with van der Waals surface area (Å²) in [6, 6.07) is 8.14. The van der Waals surface area contributed by atoms with Crippen molar-refractivity contribution in [3.63, 3.8) is 0 Å². The van der Waals surface area contributed by atoms with E-state index in [2.05, 4.69) is 38.2 Å².